The van der Waals surface area contributed by atoms with Crippen molar-refractivity contribution in [1.29, 1.82) is 0 Å². The van der Waals surface area contributed by atoms with Crippen LogP contribution in [-0.4, -0.2) is 20.6 Å². The highest BCUT2D eigenvalue weighted by Gasteiger charge is 2.15. The Morgan fingerprint density at radius 3 is 2.95 bits per heavy atom. The number of anilines is 1. The number of hydrogen-bond donors (Lipinski definition) is 2. The van der Waals surface area contributed by atoms with E-state index in [1.807, 2.05) is 0 Å². The molecule has 0 aliphatic carbocycles. The van der Waals surface area contributed by atoms with Gasteiger partial charge >= 0.3 is 5.97 Å². The van der Waals surface area contributed by atoms with Gasteiger partial charge in [-0.15, -0.1) is 11.3 Å². The van der Waals surface area contributed by atoms with Crippen LogP contribution in [0, 0.1) is 0 Å². The van der Waals surface area contributed by atoms with Gasteiger partial charge in [-0.05, 0) is 23.1 Å². The molecule has 0 saturated heterocycles. The second-order valence-corrected chi connectivity index (χ2v) is 5.40. The monoisotopic (exact) mass is 301 g/mol. The first-order valence-corrected chi connectivity index (χ1v) is 6.99. The van der Waals surface area contributed by atoms with Crippen molar-refractivity contribution in [3.05, 3.63) is 57.5 Å². The molecule has 2 heterocycles. The number of carboxylic acids is 1. The van der Waals surface area contributed by atoms with Crippen LogP contribution in [0.1, 0.15) is 15.9 Å². The van der Waals surface area contributed by atoms with E-state index in [0.29, 0.717) is 15.8 Å². The quantitative estimate of drug-likeness (QED) is 0.719. The number of thiophene rings is 1. The van der Waals surface area contributed by atoms with E-state index in [2.05, 4.69) is 4.98 Å². The average molecular weight is 301 g/mol. The molecular formula is C14H11N3O3S. The highest BCUT2D eigenvalue weighted by molar-refractivity contribution is 7.16. The predicted octanol–water partition coefficient (Wildman–Crippen LogP) is 1.79. The SMILES string of the molecule is Nc1cccc(Cn2cnc3sccc3c2=O)c1C(=O)O. The zero-order chi connectivity index (χ0) is 15.0. The molecule has 0 bridgehead atoms. The van der Waals surface area contributed by atoms with Crippen LogP contribution >= 0.6 is 11.3 Å². The fraction of sp³-hybridized carbons (Fsp3) is 0.0714. The van der Waals surface area contributed by atoms with Crippen molar-refractivity contribution < 1.29 is 9.90 Å². The van der Waals surface area contributed by atoms with Gasteiger partial charge in [0.1, 0.15) is 4.83 Å². The summed E-state index contributed by atoms with van der Waals surface area (Å²) in [6.45, 7) is 0.115. The Balaban J connectivity index is 2.11. The molecule has 0 fully saturated rings. The molecule has 0 amide bonds. The molecule has 0 saturated carbocycles. The maximum atomic E-state index is 12.3. The Kier molecular flexibility index (Phi) is 3.19. The van der Waals surface area contributed by atoms with Crippen LogP contribution in [0.15, 0.2) is 40.8 Å². The van der Waals surface area contributed by atoms with Crippen LogP contribution < -0.4 is 11.3 Å². The lowest BCUT2D eigenvalue weighted by Crippen LogP contribution is -2.22. The zero-order valence-electron chi connectivity index (χ0n) is 10.8. The van der Waals surface area contributed by atoms with Crippen molar-refractivity contribution in [2.24, 2.45) is 0 Å². The molecule has 3 aromatic rings. The summed E-state index contributed by atoms with van der Waals surface area (Å²) in [5.41, 5.74) is 6.19. The number of nitrogens with zero attached hydrogens (tertiary/aromatic N) is 2. The van der Waals surface area contributed by atoms with Gasteiger partial charge in [-0.1, -0.05) is 12.1 Å². The molecule has 2 aromatic heterocycles. The Morgan fingerprint density at radius 1 is 1.38 bits per heavy atom. The summed E-state index contributed by atoms with van der Waals surface area (Å²) in [4.78, 5) is 28.5. The Hall–Kier alpha value is -2.67. The van der Waals surface area contributed by atoms with E-state index in [9.17, 15) is 14.7 Å². The highest BCUT2D eigenvalue weighted by Crippen LogP contribution is 2.19. The lowest BCUT2D eigenvalue weighted by molar-refractivity contribution is 0.0696. The molecule has 7 heteroatoms. The van der Waals surface area contributed by atoms with Gasteiger partial charge < -0.3 is 10.8 Å². The van der Waals surface area contributed by atoms with E-state index in [0.717, 1.165) is 0 Å². The number of nitrogens with two attached hydrogens (primary N) is 1. The normalized spacial score (nSPS) is 10.9. The number of hydrogen-bond acceptors (Lipinski definition) is 5. The third-order valence-corrected chi connectivity index (χ3v) is 4.01. The lowest BCUT2D eigenvalue weighted by Gasteiger charge is -2.10. The van der Waals surface area contributed by atoms with Gasteiger partial charge in [-0.25, -0.2) is 9.78 Å². The second kappa shape index (κ2) is 5.02. The van der Waals surface area contributed by atoms with Gasteiger partial charge in [-0.2, -0.15) is 0 Å². The first kappa shape index (κ1) is 13.3. The number of benzene rings is 1. The second-order valence-electron chi connectivity index (χ2n) is 4.50. The Bertz CT molecular complexity index is 898. The molecule has 3 rings (SSSR count). The summed E-state index contributed by atoms with van der Waals surface area (Å²) < 4.78 is 1.39. The summed E-state index contributed by atoms with van der Waals surface area (Å²) in [5.74, 6) is -1.11. The van der Waals surface area contributed by atoms with Crippen LogP contribution in [-0.2, 0) is 6.54 Å². The van der Waals surface area contributed by atoms with Gasteiger partial charge in [0.2, 0.25) is 0 Å². The molecule has 0 spiro atoms. The maximum Gasteiger partial charge on any atom is 0.338 e. The van der Waals surface area contributed by atoms with Crippen molar-refractivity contribution in [2.45, 2.75) is 6.54 Å². The summed E-state index contributed by atoms with van der Waals surface area (Å²) in [7, 11) is 0. The Morgan fingerprint density at radius 2 is 2.19 bits per heavy atom. The van der Waals surface area contributed by atoms with Gasteiger partial charge in [0.25, 0.3) is 5.56 Å². The van der Waals surface area contributed by atoms with Crippen LogP contribution in [0.3, 0.4) is 0 Å². The van der Waals surface area contributed by atoms with E-state index in [1.165, 1.54) is 28.3 Å². The molecule has 21 heavy (non-hydrogen) atoms. The van der Waals surface area contributed by atoms with Crippen molar-refractivity contribution in [3.63, 3.8) is 0 Å². The van der Waals surface area contributed by atoms with Crippen LogP contribution in [0.4, 0.5) is 5.69 Å². The highest BCUT2D eigenvalue weighted by atomic mass is 32.1. The third-order valence-electron chi connectivity index (χ3n) is 3.19. The Labute approximate surface area is 123 Å². The lowest BCUT2D eigenvalue weighted by atomic mass is 10.1. The molecule has 0 aliphatic rings. The topological polar surface area (TPSA) is 98.2 Å². The number of fused-ring (bicyclic) bond motifs is 1. The number of carboxylic acid groups (broad SMARTS) is 1. The standard InChI is InChI=1S/C14H11N3O3S/c15-10-3-1-2-8(11(10)14(19)20)6-17-7-16-12-9(13(17)18)4-5-21-12/h1-5,7H,6,15H2,(H,19,20). The number of carbonyl (C=O) groups is 1. The average Bonchev–Trinajstić information content (AvgIpc) is 2.91. The minimum Gasteiger partial charge on any atom is -0.478 e. The van der Waals surface area contributed by atoms with Gasteiger partial charge in [0.15, 0.2) is 0 Å². The molecule has 106 valence electrons. The fourth-order valence-electron chi connectivity index (χ4n) is 2.20. The molecule has 6 nitrogen and oxygen atoms in total. The number of aromatic nitrogens is 2. The molecular weight excluding hydrogens is 290 g/mol. The van der Waals surface area contributed by atoms with Gasteiger partial charge in [0, 0.05) is 5.69 Å². The molecule has 1 aromatic carbocycles. The van der Waals surface area contributed by atoms with Crippen molar-refractivity contribution >= 4 is 33.2 Å². The number of rotatable bonds is 3. The van der Waals surface area contributed by atoms with E-state index in [-0.39, 0.29) is 23.4 Å². The van der Waals surface area contributed by atoms with Crippen LogP contribution in [0.2, 0.25) is 0 Å². The first-order valence-electron chi connectivity index (χ1n) is 6.11. The third kappa shape index (κ3) is 2.27. The number of aromatic carboxylic acids is 1. The maximum absolute atomic E-state index is 12.3. The molecule has 3 N–H and O–H groups in total. The van der Waals surface area contributed by atoms with Crippen molar-refractivity contribution in [2.75, 3.05) is 5.73 Å². The van der Waals surface area contributed by atoms with E-state index in [4.69, 9.17) is 5.73 Å². The van der Waals surface area contributed by atoms with Gasteiger partial charge in [0.05, 0.1) is 23.8 Å². The van der Waals surface area contributed by atoms with Crippen molar-refractivity contribution in [3.8, 4) is 0 Å². The largest absolute Gasteiger partial charge is 0.478 e. The predicted molar refractivity (Wildman–Crippen MR) is 80.8 cm³/mol. The van der Waals surface area contributed by atoms with E-state index >= 15 is 0 Å². The summed E-state index contributed by atoms with van der Waals surface area (Å²) in [6.07, 6.45) is 1.43. The van der Waals surface area contributed by atoms with E-state index < -0.39 is 5.97 Å². The molecule has 0 atom stereocenters. The molecule has 0 unspecified atom stereocenters. The minimum absolute atomic E-state index is 0.0230. The summed E-state index contributed by atoms with van der Waals surface area (Å²) in [5, 5.41) is 11.6. The smallest absolute Gasteiger partial charge is 0.338 e. The summed E-state index contributed by atoms with van der Waals surface area (Å²) in [6, 6.07) is 6.54. The van der Waals surface area contributed by atoms with E-state index in [1.54, 1.807) is 23.6 Å². The fourth-order valence-corrected chi connectivity index (χ4v) is 2.93. The van der Waals surface area contributed by atoms with Crippen LogP contribution in [0.25, 0.3) is 10.2 Å². The minimum atomic E-state index is -1.11. The molecule has 0 aliphatic heterocycles. The summed E-state index contributed by atoms with van der Waals surface area (Å²) >= 11 is 1.39. The van der Waals surface area contributed by atoms with Crippen molar-refractivity contribution in [1.82, 2.24) is 9.55 Å². The van der Waals surface area contributed by atoms with Gasteiger partial charge in [-0.3, -0.25) is 9.36 Å². The van der Waals surface area contributed by atoms with Crippen LogP contribution in [0.5, 0.6) is 0 Å². The zero-order valence-corrected chi connectivity index (χ0v) is 11.6. The molecule has 0 radical (unpaired) electrons. The first-order chi connectivity index (χ1) is 10.1. The number of nitrogen functional groups attached to an aromatic ring is 1.